The SMILES string of the molecule is CCOc1ccc(CCCCCCCC(=O)O)c(CCCCCCCC(=O)O)c1. The zero-order valence-corrected chi connectivity index (χ0v) is 18.0. The first-order valence-corrected chi connectivity index (χ1v) is 11.2. The molecule has 5 heteroatoms. The number of carboxylic acids is 2. The Morgan fingerprint density at radius 1 is 0.724 bits per heavy atom. The molecule has 5 nitrogen and oxygen atoms in total. The first-order chi connectivity index (χ1) is 14.0. The van der Waals surface area contributed by atoms with Gasteiger partial charge in [-0.25, -0.2) is 0 Å². The Labute approximate surface area is 175 Å². The van der Waals surface area contributed by atoms with E-state index in [4.69, 9.17) is 14.9 Å². The number of carboxylic acid groups (broad SMARTS) is 2. The number of benzene rings is 1. The van der Waals surface area contributed by atoms with Gasteiger partial charge in [-0.15, -0.1) is 0 Å². The summed E-state index contributed by atoms with van der Waals surface area (Å²) in [5.74, 6) is -0.475. The minimum Gasteiger partial charge on any atom is -0.494 e. The molecular formula is C24H38O5. The summed E-state index contributed by atoms with van der Waals surface area (Å²) in [5, 5.41) is 17.4. The fourth-order valence-corrected chi connectivity index (χ4v) is 3.58. The van der Waals surface area contributed by atoms with Gasteiger partial charge in [0.15, 0.2) is 0 Å². The third-order valence-electron chi connectivity index (χ3n) is 5.16. The minimum absolute atomic E-state index is 0.275. The number of aliphatic carboxylic acids is 2. The van der Waals surface area contributed by atoms with Crippen LogP contribution in [-0.2, 0) is 22.4 Å². The van der Waals surface area contributed by atoms with Crippen molar-refractivity contribution in [3.8, 4) is 5.75 Å². The molecule has 0 bridgehead atoms. The smallest absolute Gasteiger partial charge is 0.303 e. The Morgan fingerprint density at radius 2 is 1.21 bits per heavy atom. The molecule has 0 fully saturated rings. The van der Waals surface area contributed by atoms with Crippen molar-refractivity contribution in [1.29, 1.82) is 0 Å². The quantitative estimate of drug-likeness (QED) is 0.291. The zero-order chi connectivity index (χ0) is 21.3. The highest BCUT2D eigenvalue weighted by atomic mass is 16.5. The van der Waals surface area contributed by atoms with E-state index >= 15 is 0 Å². The fourth-order valence-electron chi connectivity index (χ4n) is 3.58. The monoisotopic (exact) mass is 406 g/mol. The molecule has 0 aromatic heterocycles. The molecule has 0 saturated heterocycles. The third kappa shape index (κ3) is 12.9. The normalized spacial score (nSPS) is 10.8. The highest BCUT2D eigenvalue weighted by Gasteiger charge is 2.06. The summed E-state index contributed by atoms with van der Waals surface area (Å²) in [5.41, 5.74) is 2.76. The van der Waals surface area contributed by atoms with E-state index in [0.29, 0.717) is 6.61 Å². The van der Waals surface area contributed by atoms with Gasteiger partial charge in [0.2, 0.25) is 0 Å². The van der Waals surface area contributed by atoms with E-state index in [1.54, 1.807) is 0 Å². The van der Waals surface area contributed by atoms with Crippen molar-refractivity contribution in [1.82, 2.24) is 0 Å². The molecule has 0 amide bonds. The van der Waals surface area contributed by atoms with Crippen molar-refractivity contribution >= 4 is 11.9 Å². The number of hydrogen-bond donors (Lipinski definition) is 2. The molecule has 0 unspecified atom stereocenters. The molecule has 0 saturated carbocycles. The molecular weight excluding hydrogens is 368 g/mol. The van der Waals surface area contributed by atoms with Crippen LogP contribution in [0.1, 0.15) is 95.1 Å². The number of rotatable bonds is 18. The summed E-state index contributed by atoms with van der Waals surface area (Å²) in [6.07, 6.45) is 12.8. The maximum atomic E-state index is 10.5. The molecule has 0 aliphatic carbocycles. The average molecular weight is 407 g/mol. The van der Waals surface area contributed by atoms with E-state index in [9.17, 15) is 9.59 Å². The molecule has 0 radical (unpaired) electrons. The number of ether oxygens (including phenoxy) is 1. The van der Waals surface area contributed by atoms with Crippen molar-refractivity contribution < 1.29 is 24.5 Å². The largest absolute Gasteiger partial charge is 0.494 e. The van der Waals surface area contributed by atoms with E-state index in [-0.39, 0.29) is 12.8 Å². The molecule has 1 rings (SSSR count). The van der Waals surface area contributed by atoms with Gasteiger partial charge in [0.05, 0.1) is 6.61 Å². The number of hydrogen-bond acceptors (Lipinski definition) is 3. The maximum Gasteiger partial charge on any atom is 0.303 e. The van der Waals surface area contributed by atoms with Gasteiger partial charge in [-0.1, -0.05) is 44.6 Å². The third-order valence-corrected chi connectivity index (χ3v) is 5.16. The van der Waals surface area contributed by atoms with Crippen LogP contribution in [0.3, 0.4) is 0 Å². The summed E-state index contributed by atoms with van der Waals surface area (Å²) < 4.78 is 5.67. The molecule has 0 aliphatic heterocycles. The van der Waals surface area contributed by atoms with Gasteiger partial charge in [0, 0.05) is 12.8 Å². The predicted molar refractivity (Wildman–Crippen MR) is 116 cm³/mol. The van der Waals surface area contributed by atoms with Gasteiger partial charge in [-0.3, -0.25) is 9.59 Å². The fraction of sp³-hybridized carbons (Fsp3) is 0.667. The van der Waals surface area contributed by atoms with E-state index in [1.165, 1.54) is 11.1 Å². The highest BCUT2D eigenvalue weighted by Crippen LogP contribution is 2.23. The van der Waals surface area contributed by atoms with E-state index in [0.717, 1.165) is 82.8 Å². The lowest BCUT2D eigenvalue weighted by molar-refractivity contribution is -0.138. The van der Waals surface area contributed by atoms with Crippen molar-refractivity contribution in [2.75, 3.05) is 6.61 Å². The minimum atomic E-state index is -0.704. The number of carbonyl (C=O) groups is 2. The van der Waals surface area contributed by atoms with Crippen molar-refractivity contribution in [3.63, 3.8) is 0 Å². The van der Waals surface area contributed by atoms with E-state index < -0.39 is 11.9 Å². The van der Waals surface area contributed by atoms with Gasteiger partial charge < -0.3 is 14.9 Å². The van der Waals surface area contributed by atoms with Crippen LogP contribution in [0.2, 0.25) is 0 Å². The van der Waals surface area contributed by atoms with E-state index in [2.05, 4.69) is 18.2 Å². The molecule has 2 N–H and O–H groups in total. The van der Waals surface area contributed by atoms with Crippen molar-refractivity contribution in [2.24, 2.45) is 0 Å². The number of aryl methyl sites for hydroxylation is 2. The summed E-state index contributed by atoms with van der Waals surface area (Å²) in [6.45, 7) is 2.66. The summed E-state index contributed by atoms with van der Waals surface area (Å²) in [7, 11) is 0. The average Bonchev–Trinajstić information content (AvgIpc) is 2.67. The second-order valence-corrected chi connectivity index (χ2v) is 7.69. The lowest BCUT2D eigenvalue weighted by Gasteiger charge is -2.13. The van der Waals surface area contributed by atoms with Crippen LogP contribution in [-0.4, -0.2) is 28.8 Å². The first-order valence-electron chi connectivity index (χ1n) is 11.2. The predicted octanol–water partition coefficient (Wildman–Crippen LogP) is 6.02. The number of unbranched alkanes of at least 4 members (excludes halogenated alkanes) is 8. The highest BCUT2D eigenvalue weighted by molar-refractivity contribution is 5.66. The van der Waals surface area contributed by atoms with Gasteiger partial charge in [0.25, 0.3) is 0 Å². The van der Waals surface area contributed by atoms with Crippen LogP contribution in [0, 0.1) is 0 Å². The Morgan fingerprint density at radius 3 is 1.72 bits per heavy atom. The van der Waals surface area contributed by atoms with Crippen molar-refractivity contribution in [2.45, 2.75) is 96.8 Å². The van der Waals surface area contributed by atoms with Crippen LogP contribution < -0.4 is 4.74 Å². The van der Waals surface area contributed by atoms with E-state index in [1.807, 2.05) is 6.92 Å². The molecule has 1 aromatic rings. The van der Waals surface area contributed by atoms with Gasteiger partial charge >= 0.3 is 11.9 Å². The van der Waals surface area contributed by atoms with Gasteiger partial charge in [-0.05, 0) is 68.7 Å². The lowest BCUT2D eigenvalue weighted by atomic mass is 9.96. The Balaban J connectivity index is 2.38. The summed E-state index contributed by atoms with van der Waals surface area (Å²) in [4.78, 5) is 21.1. The second-order valence-electron chi connectivity index (χ2n) is 7.69. The van der Waals surface area contributed by atoms with Crippen molar-refractivity contribution in [3.05, 3.63) is 29.3 Å². The van der Waals surface area contributed by atoms with Crippen LogP contribution in [0.5, 0.6) is 5.75 Å². The Bertz CT molecular complexity index is 597. The molecule has 0 heterocycles. The van der Waals surface area contributed by atoms with Gasteiger partial charge in [-0.2, -0.15) is 0 Å². The molecule has 164 valence electrons. The maximum absolute atomic E-state index is 10.5. The summed E-state index contributed by atoms with van der Waals surface area (Å²) >= 11 is 0. The standard InChI is InChI=1S/C24H38O5/c1-2-29-22-18-17-20(13-9-5-3-7-11-15-23(25)26)21(19-22)14-10-6-4-8-12-16-24(27)28/h17-19H,2-16H2,1H3,(H,25,26)(H,27,28). The van der Waals surface area contributed by atoms with Crippen LogP contribution >= 0.6 is 0 Å². The van der Waals surface area contributed by atoms with Crippen LogP contribution in [0.15, 0.2) is 18.2 Å². The topological polar surface area (TPSA) is 83.8 Å². The Kier molecular flexibility index (Phi) is 13.6. The van der Waals surface area contributed by atoms with Crippen LogP contribution in [0.4, 0.5) is 0 Å². The molecule has 1 aromatic carbocycles. The molecule has 0 atom stereocenters. The lowest BCUT2D eigenvalue weighted by Crippen LogP contribution is -1.99. The molecule has 0 spiro atoms. The molecule has 29 heavy (non-hydrogen) atoms. The zero-order valence-electron chi connectivity index (χ0n) is 18.0. The summed E-state index contributed by atoms with van der Waals surface area (Å²) in [6, 6.07) is 6.43. The van der Waals surface area contributed by atoms with Crippen LogP contribution in [0.25, 0.3) is 0 Å². The molecule has 0 aliphatic rings. The Hall–Kier alpha value is -2.04. The van der Waals surface area contributed by atoms with Gasteiger partial charge in [0.1, 0.15) is 5.75 Å². The first kappa shape index (κ1) is 25.0. The second kappa shape index (κ2) is 15.8.